The van der Waals surface area contributed by atoms with Gasteiger partial charge in [0.25, 0.3) is 0 Å². The van der Waals surface area contributed by atoms with E-state index in [1.165, 1.54) is 25.7 Å². The maximum Gasteiger partial charge on any atom is 0.0913 e. The molecule has 0 amide bonds. The van der Waals surface area contributed by atoms with Gasteiger partial charge < -0.3 is 15.3 Å². The van der Waals surface area contributed by atoms with Crippen molar-refractivity contribution in [3.05, 3.63) is 47.3 Å². The van der Waals surface area contributed by atoms with E-state index in [0.29, 0.717) is 47.7 Å². The Labute approximate surface area is 182 Å². The average Bonchev–Trinajstić information content (AvgIpc) is 3.49. The molecular formula is C27H40O3. The molecule has 4 saturated carbocycles. The van der Waals surface area contributed by atoms with Crippen molar-refractivity contribution in [3.8, 4) is 0 Å². The van der Waals surface area contributed by atoms with Crippen LogP contribution in [-0.2, 0) is 0 Å². The van der Waals surface area contributed by atoms with Crippen molar-refractivity contribution >= 4 is 0 Å². The highest BCUT2D eigenvalue weighted by Crippen LogP contribution is 2.59. The fourth-order valence-corrected chi connectivity index (χ4v) is 6.70. The zero-order valence-corrected chi connectivity index (χ0v) is 18.8. The summed E-state index contributed by atoms with van der Waals surface area (Å²) in [6.45, 7) is 8.94. The summed E-state index contributed by atoms with van der Waals surface area (Å²) in [6.07, 6.45) is 16.0. The topological polar surface area (TPSA) is 60.7 Å². The Hall–Kier alpha value is -1.32. The van der Waals surface area contributed by atoms with Crippen LogP contribution in [0.1, 0.15) is 78.1 Å². The molecule has 3 N–H and O–H groups in total. The van der Waals surface area contributed by atoms with Crippen LogP contribution in [0, 0.1) is 29.1 Å². The predicted molar refractivity (Wildman–Crippen MR) is 122 cm³/mol. The molecule has 0 saturated heterocycles. The molecule has 4 aliphatic carbocycles. The second kappa shape index (κ2) is 8.67. The van der Waals surface area contributed by atoms with E-state index in [-0.39, 0.29) is 0 Å². The van der Waals surface area contributed by atoms with Gasteiger partial charge in [-0.25, -0.2) is 0 Å². The number of allylic oxidation sites excluding steroid dienone is 5. The van der Waals surface area contributed by atoms with Crippen LogP contribution in [-0.4, -0.2) is 27.5 Å². The Morgan fingerprint density at radius 3 is 2.70 bits per heavy atom. The average molecular weight is 413 g/mol. The number of hydrogen-bond donors (Lipinski definition) is 3. The Morgan fingerprint density at radius 2 is 1.97 bits per heavy atom. The van der Waals surface area contributed by atoms with Crippen LogP contribution >= 0.6 is 0 Å². The molecule has 0 aromatic rings. The summed E-state index contributed by atoms with van der Waals surface area (Å²) in [5.41, 5.74) is 3.67. The molecule has 3 nitrogen and oxygen atoms in total. The van der Waals surface area contributed by atoms with Gasteiger partial charge in [-0.1, -0.05) is 38.2 Å². The summed E-state index contributed by atoms with van der Waals surface area (Å²) in [7, 11) is 0. The lowest BCUT2D eigenvalue weighted by Crippen LogP contribution is -2.35. The number of fused-ring (bicyclic) bond motifs is 1. The number of rotatable bonds is 5. The minimum Gasteiger partial charge on any atom is -0.512 e. The molecule has 6 atom stereocenters. The third-order valence-corrected chi connectivity index (χ3v) is 8.68. The summed E-state index contributed by atoms with van der Waals surface area (Å²) in [5.74, 6) is 3.02. The Bertz CT molecular complexity index is 756. The van der Waals surface area contributed by atoms with Gasteiger partial charge in [-0.15, -0.1) is 0 Å². The van der Waals surface area contributed by atoms with Gasteiger partial charge >= 0.3 is 0 Å². The minimum atomic E-state index is -0.619. The largest absolute Gasteiger partial charge is 0.512 e. The van der Waals surface area contributed by atoms with Crippen LogP contribution < -0.4 is 0 Å². The fourth-order valence-electron chi connectivity index (χ4n) is 6.70. The first kappa shape index (κ1) is 21.9. The molecule has 0 aromatic heterocycles. The number of hydrogen-bond acceptors (Lipinski definition) is 3. The third kappa shape index (κ3) is 4.34. The van der Waals surface area contributed by atoms with Gasteiger partial charge in [0, 0.05) is 12.3 Å². The molecule has 4 fully saturated rings. The predicted octanol–water partition coefficient (Wildman–Crippen LogP) is 6.01. The summed E-state index contributed by atoms with van der Waals surface area (Å²) < 4.78 is 0. The van der Waals surface area contributed by atoms with E-state index in [1.54, 1.807) is 5.57 Å². The van der Waals surface area contributed by atoms with Crippen molar-refractivity contribution in [2.75, 3.05) is 0 Å². The Kier molecular flexibility index (Phi) is 6.33. The molecule has 30 heavy (non-hydrogen) atoms. The standard InChI is InChI=1S/C27H40O3/c1-17(6-13-25(29)20-8-9-20)23-11-12-24-19(5-4-14-27(23,24)3)7-10-21-15-22(28)16-26(30)18(21)2/h7,10,13,17,20,22-24,26,28-30H,2,4-6,8-9,11-12,14-16H2,1,3H3/b19-7+,21-10-,25-13-/t17-,22-,23?,24?,26+,27-/m1/s1. The first-order valence-corrected chi connectivity index (χ1v) is 12.1. The van der Waals surface area contributed by atoms with E-state index in [9.17, 15) is 15.3 Å². The minimum absolute atomic E-state index is 0.341. The van der Waals surface area contributed by atoms with Crippen molar-refractivity contribution < 1.29 is 15.3 Å². The quantitative estimate of drug-likeness (QED) is 0.485. The van der Waals surface area contributed by atoms with Crippen LogP contribution in [0.3, 0.4) is 0 Å². The van der Waals surface area contributed by atoms with Crippen molar-refractivity contribution in [1.29, 1.82) is 0 Å². The highest BCUT2D eigenvalue weighted by molar-refractivity contribution is 5.38. The molecule has 0 heterocycles. The lowest BCUT2D eigenvalue weighted by molar-refractivity contribution is 0.0862. The molecule has 4 aliphatic rings. The van der Waals surface area contributed by atoms with Gasteiger partial charge in [-0.3, -0.25) is 0 Å². The Balaban J connectivity index is 1.48. The summed E-state index contributed by atoms with van der Waals surface area (Å²) >= 11 is 0. The van der Waals surface area contributed by atoms with Crippen molar-refractivity contribution in [2.45, 2.75) is 90.3 Å². The summed E-state index contributed by atoms with van der Waals surface area (Å²) in [6, 6.07) is 0. The monoisotopic (exact) mass is 412 g/mol. The molecule has 0 aliphatic heterocycles. The van der Waals surface area contributed by atoms with Crippen LogP contribution in [0.5, 0.6) is 0 Å². The molecule has 0 aromatic carbocycles. The van der Waals surface area contributed by atoms with E-state index in [1.807, 2.05) is 0 Å². The molecular weight excluding hydrogens is 372 g/mol. The Morgan fingerprint density at radius 1 is 1.20 bits per heavy atom. The lowest BCUT2D eigenvalue weighted by atomic mass is 9.61. The molecule has 3 heteroatoms. The van der Waals surface area contributed by atoms with E-state index in [4.69, 9.17) is 0 Å². The van der Waals surface area contributed by atoms with E-state index in [2.05, 4.69) is 38.7 Å². The molecule has 0 radical (unpaired) electrons. The highest BCUT2D eigenvalue weighted by Gasteiger charge is 2.50. The van der Waals surface area contributed by atoms with Crippen LogP contribution in [0.4, 0.5) is 0 Å². The number of aliphatic hydroxyl groups is 3. The SMILES string of the molecule is C=C1/C(=C\C=C2/CCC[C@@]3(C)C2CCC3[C@H](C)C/C=C(\O)C2CC2)C[C@@H](O)C[C@@H]1O. The first-order valence-electron chi connectivity index (χ1n) is 12.1. The smallest absolute Gasteiger partial charge is 0.0913 e. The van der Waals surface area contributed by atoms with Gasteiger partial charge in [0.15, 0.2) is 0 Å². The van der Waals surface area contributed by atoms with E-state index >= 15 is 0 Å². The van der Waals surface area contributed by atoms with Gasteiger partial charge in [-0.05, 0) is 98.2 Å². The second-order valence-corrected chi connectivity index (χ2v) is 10.8. The maximum atomic E-state index is 10.2. The molecule has 166 valence electrons. The van der Waals surface area contributed by atoms with Crippen LogP contribution in [0.15, 0.2) is 47.3 Å². The van der Waals surface area contributed by atoms with Gasteiger partial charge in [-0.2, -0.15) is 0 Å². The third-order valence-electron chi connectivity index (χ3n) is 8.68. The van der Waals surface area contributed by atoms with E-state index in [0.717, 1.165) is 36.8 Å². The van der Waals surface area contributed by atoms with Crippen molar-refractivity contribution in [1.82, 2.24) is 0 Å². The van der Waals surface area contributed by atoms with Crippen LogP contribution in [0.25, 0.3) is 0 Å². The number of aliphatic hydroxyl groups excluding tert-OH is 3. The highest BCUT2D eigenvalue weighted by atomic mass is 16.3. The van der Waals surface area contributed by atoms with E-state index < -0.39 is 12.2 Å². The fraction of sp³-hybridized carbons (Fsp3) is 0.704. The van der Waals surface area contributed by atoms with Crippen molar-refractivity contribution in [2.24, 2.45) is 29.1 Å². The normalized spacial score (nSPS) is 41.3. The molecule has 0 bridgehead atoms. The summed E-state index contributed by atoms with van der Waals surface area (Å²) in [4.78, 5) is 0. The lowest BCUT2D eigenvalue weighted by Gasteiger charge is -2.44. The van der Waals surface area contributed by atoms with Crippen LogP contribution in [0.2, 0.25) is 0 Å². The van der Waals surface area contributed by atoms with Gasteiger partial charge in [0.2, 0.25) is 0 Å². The second-order valence-electron chi connectivity index (χ2n) is 10.8. The molecule has 2 unspecified atom stereocenters. The summed E-state index contributed by atoms with van der Waals surface area (Å²) in [5, 5.41) is 30.3. The molecule has 0 spiro atoms. The maximum absolute atomic E-state index is 10.2. The van der Waals surface area contributed by atoms with Gasteiger partial charge in [0.05, 0.1) is 18.0 Å². The molecule has 4 rings (SSSR count). The zero-order chi connectivity index (χ0) is 21.5. The van der Waals surface area contributed by atoms with Crippen molar-refractivity contribution in [3.63, 3.8) is 0 Å². The van der Waals surface area contributed by atoms with Gasteiger partial charge in [0.1, 0.15) is 0 Å². The first-order chi connectivity index (χ1) is 14.3. The zero-order valence-electron chi connectivity index (χ0n) is 18.8.